The Morgan fingerprint density at radius 2 is 1.68 bits per heavy atom. The van der Waals surface area contributed by atoms with E-state index in [0.29, 0.717) is 21.2 Å². The van der Waals surface area contributed by atoms with Crippen LogP contribution in [0.25, 0.3) is 6.08 Å². The molecule has 0 aliphatic heterocycles. The molecule has 0 amide bonds. The Kier molecular flexibility index (Phi) is 5.43. The highest BCUT2D eigenvalue weighted by Crippen LogP contribution is 2.17. The molecule has 0 spiro atoms. The van der Waals surface area contributed by atoms with Gasteiger partial charge in [0, 0.05) is 10.6 Å². The van der Waals surface area contributed by atoms with Crippen molar-refractivity contribution in [3.8, 4) is 5.75 Å². The maximum absolute atomic E-state index is 12.2. The van der Waals surface area contributed by atoms with E-state index >= 15 is 0 Å². The van der Waals surface area contributed by atoms with Crippen molar-refractivity contribution in [1.82, 2.24) is 0 Å². The van der Waals surface area contributed by atoms with Gasteiger partial charge in [-0.25, -0.2) is 4.79 Å². The third-order valence-electron chi connectivity index (χ3n) is 3.37. The molecule has 0 bridgehead atoms. The van der Waals surface area contributed by atoms with Crippen LogP contribution in [-0.4, -0.2) is 11.8 Å². The molecule has 2 aromatic carbocycles. The summed E-state index contributed by atoms with van der Waals surface area (Å²) in [4.78, 5) is 24.6. The Morgan fingerprint density at radius 1 is 0.960 bits per heavy atom. The summed E-state index contributed by atoms with van der Waals surface area (Å²) in [6, 6.07) is 17.2. The molecular formula is C20H13ClO3S. The SMILES string of the molecule is O=C(/C=C/c1ccc(Cl)cc1)c1ccc(OC(=O)c2cccs2)cc1. The first-order valence-electron chi connectivity index (χ1n) is 7.45. The first-order chi connectivity index (χ1) is 12.1. The van der Waals surface area contributed by atoms with E-state index in [9.17, 15) is 9.59 Å². The van der Waals surface area contributed by atoms with Gasteiger partial charge in [-0.15, -0.1) is 11.3 Å². The number of thiophene rings is 1. The molecule has 3 nitrogen and oxygen atoms in total. The molecule has 0 radical (unpaired) electrons. The van der Waals surface area contributed by atoms with Crippen molar-refractivity contribution in [2.24, 2.45) is 0 Å². The van der Waals surface area contributed by atoms with E-state index in [2.05, 4.69) is 0 Å². The summed E-state index contributed by atoms with van der Waals surface area (Å²) in [5.74, 6) is -0.139. The standard InChI is InChI=1S/C20H13ClO3S/c21-16-8-3-14(4-9-16)5-12-18(22)15-6-10-17(11-7-15)24-20(23)19-2-1-13-25-19/h1-13H/b12-5+. The monoisotopic (exact) mass is 368 g/mol. The van der Waals surface area contributed by atoms with Crippen molar-refractivity contribution in [3.05, 3.63) is 93.1 Å². The topological polar surface area (TPSA) is 43.4 Å². The van der Waals surface area contributed by atoms with Crippen LogP contribution in [0.3, 0.4) is 0 Å². The highest BCUT2D eigenvalue weighted by Gasteiger charge is 2.10. The normalized spacial score (nSPS) is 10.8. The zero-order chi connectivity index (χ0) is 17.6. The fraction of sp³-hybridized carbons (Fsp3) is 0. The summed E-state index contributed by atoms with van der Waals surface area (Å²) in [5.41, 5.74) is 1.40. The predicted octanol–water partition coefficient (Wildman–Crippen LogP) is 5.52. The van der Waals surface area contributed by atoms with E-state index in [4.69, 9.17) is 16.3 Å². The summed E-state index contributed by atoms with van der Waals surface area (Å²) in [7, 11) is 0. The Hall–Kier alpha value is -2.69. The van der Waals surface area contributed by atoms with Crippen molar-refractivity contribution in [1.29, 1.82) is 0 Å². The van der Waals surface area contributed by atoms with Crippen molar-refractivity contribution < 1.29 is 14.3 Å². The predicted molar refractivity (Wildman–Crippen MR) is 101 cm³/mol. The molecule has 1 aromatic heterocycles. The zero-order valence-electron chi connectivity index (χ0n) is 13.0. The number of halogens is 1. The summed E-state index contributed by atoms with van der Waals surface area (Å²) in [6.45, 7) is 0. The summed E-state index contributed by atoms with van der Waals surface area (Å²) in [6.07, 6.45) is 3.22. The van der Waals surface area contributed by atoms with E-state index in [-0.39, 0.29) is 5.78 Å². The molecule has 5 heteroatoms. The van der Waals surface area contributed by atoms with Gasteiger partial charge in [0.1, 0.15) is 10.6 Å². The first-order valence-corrected chi connectivity index (χ1v) is 8.71. The van der Waals surface area contributed by atoms with Gasteiger partial charge in [0.25, 0.3) is 0 Å². The molecule has 3 aromatic rings. The molecule has 0 unspecified atom stereocenters. The molecule has 1 heterocycles. The minimum Gasteiger partial charge on any atom is -0.422 e. The second-order valence-electron chi connectivity index (χ2n) is 5.14. The van der Waals surface area contributed by atoms with Gasteiger partial charge in [0.2, 0.25) is 0 Å². The van der Waals surface area contributed by atoms with E-state index in [1.165, 1.54) is 17.4 Å². The number of ether oxygens (including phenoxy) is 1. The van der Waals surface area contributed by atoms with Gasteiger partial charge in [-0.1, -0.05) is 35.9 Å². The van der Waals surface area contributed by atoms with Gasteiger partial charge in [-0.2, -0.15) is 0 Å². The Balaban J connectivity index is 1.64. The van der Waals surface area contributed by atoms with E-state index < -0.39 is 5.97 Å². The van der Waals surface area contributed by atoms with Crippen molar-refractivity contribution in [2.75, 3.05) is 0 Å². The average molecular weight is 369 g/mol. The third kappa shape index (κ3) is 4.66. The second kappa shape index (κ2) is 7.92. The molecule has 3 rings (SSSR count). The lowest BCUT2D eigenvalue weighted by molar-refractivity contribution is 0.0740. The van der Waals surface area contributed by atoms with Crippen LogP contribution in [0.15, 0.2) is 72.1 Å². The van der Waals surface area contributed by atoms with Crippen LogP contribution in [0.4, 0.5) is 0 Å². The third-order valence-corrected chi connectivity index (χ3v) is 4.47. The lowest BCUT2D eigenvalue weighted by Gasteiger charge is -2.03. The second-order valence-corrected chi connectivity index (χ2v) is 6.52. The van der Waals surface area contributed by atoms with Gasteiger partial charge in [0.05, 0.1) is 0 Å². The molecule has 0 N–H and O–H groups in total. The number of ketones is 1. The molecule has 25 heavy (non-hydrogen) atoms. The quantitative estimate of drug-likeness (QED) is 0.258. The summed E-state index contributed by atoms with van der Waals surface area (Å²) < 4.78 is 5.26. The van der Waals surface area contributed by atoms with E-state index in [1.54, 1.807) is 54.6 Å². The Labute approximate surface area is 154 Å². The first kappa shape index (κ1) is 17.1. The van der Waals surface area contributed by atoms with E-state index in [0.717, 1.165) is 5.56 Å². The molecular weight excluding hydrogens is 356 g/mol. The van der Waals surface area contributed by atoms with Crippen molar-refractivity contribution in [2.45, 2.75) is 0 Å². The number of allylic oxidation sites excluding steroid dienone is 1. The minimum atomic E-state index is -0.406. The lowest BCUT2D eigenvalue weighted by atomic mass is 10.1. The van der Waals surface area contributed by atoms with Crippen LogP contribution in [0.1, 0.15) is 25.6 Å². The number of hydrogen-bond donors (Lipinski definition) is 0. The minimum absolute atomic E-state index is 0.133. The fourth-order valence-electron chi connectivity index (χ4n) is 2.08. The van der Waals surface area contributed by atoms with Crippen LogP contribution in [-0.2, 0) is 0 Å². The zero-order valence-corrected chi connectivity index (χ0v) is 14.6. The maximum atomic E-state index is 12.2. The van der Waals surface area contributed by atoms with Gasteiger partial charge in [-0.3, -0.25) is 4.79 Å². The Morgan fingerprint density at radius 3 is 2.32 bits per heavy atom. The van der Waals surface area contributed by atoms with Crippen LogP contribution >= 0.6 is 22.9 Å². The number of hydrogen-bond acceptors (Lipinski definition) is 4. The number of benzene rings is 2. The van der Waals surface area contributed by atoms with Crippen molar-refractivity contribution >= 4 is 40.8 Å². The molecule has 0 saturated heterocycles. The molecule has 124 valence electrons. The van der Waals surface area contributed by atoms with E-state index in [1.807, 2.05) is 17.5 Å². The fourth-order valence-corrected chi connectivity index (χ4v) is 2.81. The summed E-state index contributed by atoms with van der Waals surface area (Å²) in [5, 5.41) is 2.46. The van der Waals surface area contributed by atoms with Gasteiger partial charge in [0.15, 0.2) is 5.78 Å². The number of esters is 1. The number of rotatable bonds is 5. The number of carbonyl (C=O) groups excluding carboxylic acids is 2. The average Bonchev–Trinajstić information content (AvgIpc) is 3.16. The molecule has 0 aliphatic rings. The molecule has 0 aliphatic carbocycles. The lowest BCUT2D eigenvalue weighted by Crippen LogP contribution is -2.06. The maximum Gasteiger partial charge on any atom is 0.353 e. The molecule has 0 saturated carbocycles. The van der Waals surface area contributed by atoms with Crippen molar-refractivity contribution in [3.63, 3.8) is 0 Å². The highest BCUT2D eigenvalue weighted by molar-refractivity contribution is 7.12. The summed E-state index contributed by atoms with van der Waals surface area (Å²) >= 11 is 7.15. The van der Waals surface area contributed by atoms with Gasteiger partial charge < -0.3 is 4.74 Å². The van der Waals surface area contributed by atoms with Crippen LogP contribution in [0, 0.1) is 0 Å². The Bertz CT molecular complexity index is 895. The smallest absolute Gasteiger partial charge is 0.353 e. The van der Waals surface area contributed by atoms with Gasteiger partial charge in [-0.05, 0) is 59.5 Å². The number of carbonyl (C=O) groups is 2. The van der Waals surface area contributed by atoms with Crippen LogP contribution < -0.4 is 4.74 Å². The van der Waals surface area contributed by atoms with Gasteiger partial charge >= 0.3 is 5.97 Å². The van der Waals surface area contributed by atoms with Crippen LogP contribution in [0.5, 0.6) is 5.75 Å². The van der Waals surface area contributed by atoms with Crippen LogP contribution in [0.2, 0.25) is 5.02 Å². The largest absolute Gasteiger partial charge is 0.422 e. The highest BCUT2D eigenvalue weighted by atomic mass is 35.5. The molecule has 0 fully saturated rings. The molecule has 0 atom stereocenters.